The molecule has 11 heavy (non-hydrogen) atoms. The van der Waals surface area contributed by atoms with Crippen LogP contribution in [0.15, 0.2) is 0 Å². The molecule has 2 N–H and O–H groups in total. The third kappa shape index (κ3) is 3.20. The van der Waals surface area contributed by atoms with E-state index in [2.05, 4.69) is 21.2 Å². The van der Waals surface area contributed by atoms with Gasteiger partial charge in [-0.1, -0.05) is 15.9 Å². The van der Waals surface area contributed by atoms with E-state index in [1.165, 1.54) is 0 Å². The van der Waals surface area contributed by atoms with Crippen molar-refractivity contribution in [3.8, 4) is 0 Å². The van der Waals surface area contributed by atoms with Crippen molar-refractivity contribution in [2.24, 2.45) is 5.92 Å². The summed E-state index contributed by atoms with van der Waals surface area (Å²) in [4.78, 5) is 10.7. The minimum absolute atomic E-state index is 0.0651. The molecule has 3 nitrogen and oxygen atoms in total. The van der Waals surface area contributed by atoms with Gasteiger partial charge in [0.05, 0.1) is 11.4 Å². The molecule has 1 saturated carbocycles. The van der Waals surface area contributed by atoms with Crippen molar-refractivity contribution in [1.82, 2.24) is 5.32 Å². The number of hydrogen-bond donors (Lipinski definition) is 2. The van der Waals surface area contributed by atoms with Gasteiger partial charge >= 0.3 is 0 Å². The zero-order valence-electron chi connectivity index (χ0n) is 6.22. The van der Waals surface area contributed by atoms with E-state index < -0.39 is 0 Å². The second-order valence-corrected chi connectivity index (χ2v) is 3.40. The molecule has 0 aromatic carbocycles. The van der Waals surface area contributed by atoms with Crippen LogP contribution >= 0.6 is 15.9 Å². The Morgan fingerprint density at radius 3 is 2.82 bits per heavy atom. The van der Waals surface area contributed by atoms with Crippen molar-refractivity contribution in [1.29, 1.82) is 0 Å². The number of halogens is 1. The van der Waals surface area contributed by atoms with Gasteiger partial charge in [0.1, 0.15) is 0 Å². The summed E-state index contributed by atoms with van der Waals surface area (Å²) >= 11 is 3.02. The number of nitrogens with one attached hydrogen (secondary N) is 1. The summed E-state index contributed by atoms with van der Waals surface area (Å²) in [5.41, 5.74) is 0. The van der Waals surface area contributed by atoms with E-state index in [1.54, 1.807) is 0 Å². The lowest BCUT2D eigenvalue weighted by Crippen LogP contribution is -2.33. The van der Waals surface area contributed by atoms with Crippen molar-refractivity contribution in [3.63, 3.8) is 0 Å². The van der Waals surface area contributed by atoms with Crippen molar-refractivity contribution >= 4 is 21.8 Å². The van der Waals surface area contributed by atoms with Gasteiger partial charge in [0, 0.05) is 6.54 Å². The fourth-order valence-electron chi connectivity index (χ4n) is 0.913. The number of aliphatic hydroxyl groups excluding tert-OH is 1. The summed E-state index contributed by atoms with van der Waals surface area (Å²) in [5, 5.41) is 12.2. The Kier molecular flexibility index (Phi) is 3.33. The number of carbonyl (C=O) groups excluding carboxylic acids is 1. The first-order valence-corrected chi connectivity index (χ1v) is 4.87. The molecule has 1 rings (SSSR count). The molecule has 0 bridgehead atoms. The summed E-state index contributed by atoms with van der Waals surface area (Å²) in [6, 6.07) is 0. The van der Waals surface area contributed by atoms with Crippen LogP contribution < -0.4 is 5.32 Å². The second-order valence-electron chi connectivity index (χ2n) is 2.84. The second kappa shape index (κ2) is 4.07. The SMILES string of the molecule is O=C(CBr)NCC(O)C1CC1. The van der Waals surface area contributed by atoms with Crippen LogP contribution in [0.2, 0.25) is 0 Å². The Labute approximate surface area is 74.3 Å². The number of aliphatic hydroxyl groups is 1. The highest BCUT2D eigenvalue weighted by Crippen LogP contribution is 2.32. The topological polar surface area (TPSA) is 49.3 Å². The summed E-state index contributed by atoms with van der Waals surface area (Å²) in [7, 11) is 0. The molecular weight excluding hydrogens is 210 g/mol. The lowest BCUT2D eigenvalue weighted by Gasteiger charge is -2.08. The molecule has 1 amide bonds. The Hall–Kier alpha value is -0.0900. The average molecular weight is 222 g/mol. The van der Waals surface area contributed by atoms with Crippen LogP contribution in [0.3, 0.4) is 0 Å². The molecule has 1 fully saturated rings. The van der Waals surface area contributed by atoms with Crippen molar-refractivity contribution in [2.45, 2.75) is 18.9 Å². The van der Waals surface area contributed by atoms with E-state index in [0.717, 1.165) is 12.8 Å². The van der Waals surface area contributed by atoms with Crippen LogP contribution in [-0.2, 0) is 4.79 Å². The zero-order chi connectivity index (χ0) is 8.27. The Bertz CT molecular complexity index is 147. The molecule has 1 atom stereocenters. The maximum atomic E-state index is 10.7. The molecule has 0 aromatic rings. The van der Waals surface area contributed by atoms with Crippen LogP contribution in [0.4, 0.5) is 0 Å². The van der Waals surface area contributed by atoms with Crippen LogP contribution in [0.5, 0.6) is 0 Å². The maximum absolute atomic E-state index is 10.7. The molecule has 0 spiro atoms. The van der Waals surface area contributed by atoms with E-state index in [9.17, 15) is 9.90 Å². The standard InChI is InChI=1S/C7H12BrNO2/c8-3-7(11)9-4-6(10)5-1-2-5/h5-6,10H,1-4H2,(H,9,11). The van der Waals surface area contributed by atoms with Gasteiger partial charge in [0.25, 0.3) is 0 Å². The highest BCUT2D eigenvalue weighted by molar-refractivity contribution is 9.09. The lowest BCUT2D eigenvalue weighted by atomic mass is 10.2. The molecule has 1 aliphatic rings. The van der Waals surface area contributed by atoms with Crippen LogP contribution in [0.1, 0.15) is 12.8 Å². The van der Waals surface area contributed by atoms with Gasteiger partial charge in [-0.05, 0) is 18.8 Å². The van der Waals surface area contributed by atoms with Crippen LogP contribution in [0, 0.1) is 5.92 Å². The Balaban J connectivity index is 2.05. The van der Waals surface area contributed by atoms with Gasteiger partial charge in [-0.25, -0.2) is 0 Å². The van der Waals surface area contributed by atoms with Gasteiger partial charge < -0.3 is 10.4 Å². The normalized spacial score (nSPS) is 19.5. The minimum Gasteiger partial charge on any atom is -0.391 e. The van der Waals surface area contributed by atoms with Gasteiger partial charge in [0.2, 0.25) is 5.91 Å². The summed E-state index contributed by atoms with van der Waals surface area (Å²) in [6.07, 6.45) is 1.87. The quantitative estimate of drug-likeness (QED) is 0.670. The van der Waals surface area contributed by atoms with Gasteiger partial charge in [0.15, 0.2) is 0 Å². The summed E-state index contributed by atoms with van der Waals surface area (Å²) in [5.74, 6) is 0.371. The molecule has 0 radical (unpaired) electrons. The summed E-state index contributed by atoms with van der Waals surface area (Å²) in [6.45, 7) is 0.398. The highest BCUT2D eigenvalue weighted by atomic mass is 79.9. The van der Waals surface area contributed by atoms with E-state index in [4.69, 9.17) is 0 Å². The molecule has 0 aliphatic heterocycles. The fraction of sp³-hybridized carbons (Fsp3) is 0.857. The first-order valence-electron chi connectivity index (χ1n) is 3.74. The molecule has 1 unspecified atom stereocenters. The fourth-order valence-corrected chi connectivity index (χ4v) is 1.11. The van der Waals surface area contributed by atoms with Gasteiger partial charge in [-0.3, -0.25) is 4.79 Å². The Morgan fingerprint density at radius 2 is 2.36 bits per heavy atom. The molecule has 0 saturated heterocycles. The largest absolute Gasteiger partial charge is 0.391 e. The van der Waals surface area contributed by atoms with E-state index in [-0.39, 0.29) is 12.0 Å². The van der Waals surface area contributed by atoms with E-state index in [0.29, 0.717) is 17.8 Å². The molecule has 64 valence electrons. The molecule has 1 aliphatic carbocycles. The third-order valence-corrected chi connectivity index (χ3v) is 2.31. The molecular formula is C7H12BrNO2. The van der Waals surface area contributed by atoms with E-state index >= 15 is 0 Å². The number of hydrogen-bond acceptors (Lipinski definition) is 2. The van der Waals surface area contributed by atoms with Crippen LogP contribution in [0.25, 0.3) is 0 Å². The van der Waals surface area contributed by atoms with Crippen molar-refractivity contribution in [3.05, 3.63) is 0 Å². The van der Waals surface area contributed by atoms with Crippen molar-refractivity contribution in [2.75, 3.05) is 11.9 Å². The predicted molar refractivity (Wildman–Crippen MR) is 45.5 cm³/mol. The molecule has 4 heteroatoms. The predicted octanol–water partition coefficient (Wildman–Crippen LogP) is 0.268. The molecule has 0 heterocycles. The number of alkyl halides is 1. The van der Waals surface area contributed by atoms with Gasteiger partial charge in [-0.15, -0.1) is 0 Å². The van der Waals surface area contributed by atoms with Crippen molar-refractivity contribution < 1.29 is 9.90 Å². The van der Waals surface area contributed by atoms with E-state index in [1.807, 2.05) is 0 Å². The minimum atomic E-state index is -0.335. The monoisotopic (exact) mass is 221 g/mol. The number of rotatable bonds is 4. The number of carbonyl (C=O) groups is 1. The van der Waals surface area contributed by atoms with Crippen LogP contribution in [-0.4, -0.2) is 29.0 Å². The van der Waals surface area contributed by atoms with Gasteiger partial charge in [-0.2, -0.15) is 0 Å². The highest BCUT2D eigenvalue weighted by Gasteiger charge is 2.29. The zero-order valence-corrected chi connectivity index (χ0v) is 7.80. The average Bonchev–Trinajstić information content (AvgIpc) is 2.81. The smallest absolute Gasteiger partial charge is 0.230 e. The first-order chi connectivity index (χ1) is 5.24. The first kappa shape index (κ1) is 9.00. The number of amides is 1. The molecule has 0 aromatic heterocycles. The summed E-state index contributed by atoms with van der Waals surface area (Å²) < 4.78 is 0. The Morgan fingerprint density at radius 1 is 1.73 bits per heavy atom. The third-order valence-electron chi connectivity index (χ3n) is 1.80. The lowest BCUT2D eigenvalue weighted by molar-refractivity contribution is -0.118. The maximum Gasteiger partial charge on any atom is 0.230 e.